The molecule has 1 N–H and O–H groups in total. The fourth-order valence-corrected chi connectivity index (χ4v) is 4.05. The van der Waals surface area contributed by atoms with Gasteiger partial charge in [0.2, 0.25) is 10.0 Å². The van der Waals surface area contributed by atoms with Crippen LogP contribution in [-0.4, -0.2) is 44.9 Å². The number of amides is 1. The molecule has 1 aliphatic rings. The number of nitrogens with zero attached hydrogens (tertiary/aromatic N) is 1. The molecular weight excluding hydrogens is 359 g/mol. The molecule has 2 aromatic carbocycles. The van der Waals surface area contributed by atoms with Crippen molar-refractivity contribution in [3.63, 3.8) is 0 Å². The van der Waals surface area contributed by atoms with Crippen LogP contribution in [0.3, 0.4) is 0 Å². The number of hydrogen-bond donors (Lipinski definition) is 1. The Balaban J connectivity index is 1.76. The average molecular weight is 378 g/mol. The van der Waals surface area contributed by atoms with E-state index in [1.165, 1.54) is 40.7 Å². The number of hydrogen-bond acceptors (Lipinski definition) is 4. The first kappa shape index (κ1) is 18.5. The van der Waals surface area contributed by atoms with Crippen molar-refractivity contribution < 1.29 is 22.3 Å². The largest absolute Gasteiger partial charge is 0.379 e. The number of halogens is 1. The standard InChI is InChI=1S/C18H19FN2O4S/c1-13-2-7-16(19)17(12-13)20-18(22)14-3-5-15(6-4-14)26(23,24)21-8-10-25-11-9-21/h2-7,12H,8-11H2,1H3,(H,20,22). The Kier molecular flexibility index (Phi) is 5.36. The van der Waals surface area contributed by atoms with Crippen LogP contribution in [0.15, 0.2) is 47.4 Å². The molecule has 0 spiro atoms. The maximum Gasteiger partial charge on any atom is 0.255 e. The van der Waals surface area contributed by atoms with E-state index in [1.54, 1.807) is 13.0 Å². The van der Waals surface area contributed by atoms with Gasteiger partial charge in [-0.3, -0.25) is 4.79 Å². The molecule has 1 amide bonds. The molecule has 0 aliphatic carbocycles. The van der Waals surface area contributed by atoms with Crippen LogP contribution < -0.4 is 5.32 Å². The summed E-state index contributed by atoms with van der Waals surface area (Å²) >= 11 is 0. The van der Waals surface area contributed by atoms with Crippen LogP contribution in [0.4, 0.5) is 10.1 Å². The number of benzene rings is 2. The van der Waals surface area contributed by atoms with E-state index in [4.69, 9.17) is 4.74 Å². The minimum absolute atomic E-state index is 0.0833. The third-order valence-corrected chi connectivity index (χ3v) is 6.01. The van der Waals surface area contributed by atoms with Gasteiger partial charge in [0.05, 0.1) is 23.8 Å². The van der Waals surface area contributed by atoms with Crippen LogP contribution in [0.5, 0.6) is 0 Å². The number of carbonyl (C=O) groups is 1. The zero-order valence-electron chi connectivity index (χ0n) is 14.2. The summed E-state index contributed by atoms with van der Waals surface area (Å²) in [6, 6.07) is 10.0. The summed E-state index contributed by atoms with van der Waals surface area (Å²) in [5.74, 6) is -1.04. The van der Waals surface area contributed by atoms with E-state index in [-0.39, 0.29) is 16.1 Å². The van der Waals surface area contributed by atoms with Crippen molar-refractivity contribution in [3.8, 4) is 0 Å². The fourth-order valence-electron chi connectivity index (χ4n) is 2.64. The minimum atomic E-state index is -3.61. The summed E-state index contributed by atoms with van der Waals surface area (Å²) in [7, 11) is -3.61. The monoisotopic (exact) mass is 378 g/mol. The van der Waals surface area contributed by atoms with Gasteiger partial charge in [-0.15, -0.1) is 0 Å². The quantitative estimate of drug-likeness (QED) is 0.887. The predicted molar refractivity (Wildman–Crippen MR) is 95.1 cm³/mol. The van der Waals surface area contributed by atoms with E-state index >= 15 is 0 Å². The van der Waals surface area contributed by atoms with Gasteiger partial charge in [-0.2, -0.15) is 4.31 Å². The van der Waals surface area contributed by atoms with Crippen molar-refractivity contribution >= 4 is 21.6 Å². The number of carbonyl (C=O) groups excluding carboxylic acids is 1. The van der Waals surface area contributed by atoms with Gasteiger partial charge in [0, 0.05) is 18.7 Å². The third-order valence-electron chi connectivity index (χ3n) is 4.09. The number of anilines is 1. The summed E-state index contributed by atoms with van der Waals surface area (Å²) < 4.78 is 45.4. The van der Waals surface area contributed by atoms with Gasteiger partial charge in [-0.25, -0.2) is 12.8 Å². The van der Waals surface area contributed by atoms with E-state index in [0.29, 0.717) is 26.3 Å². The molecule has 0 aromatic heterocycles. The van der Waals surface area contributed by atoms with Crippen molar-refractivity contribution in [1.29, 1.82) is 0 Å². The highest BCUT2D eigenvalue weighted by molar-refractivity contribution is 7.89. The molecule has 0 bridgehead atoms. The summed E-state index contributed by atoms with van der Waals surface area (Å²) in [6.45, 7) is 3.12. The molecule has 0 saturated carbocycles. The molecule has 1 fully saturated rings. The smallest absolute Gasteiger partial charge is 0.255 e. The zero-order valence-corrected chi connectivity index (χ0v) is 15.1. The number of rotatable bonds is 4. The van der Waals surface area contributed by atoms with E-state index in [2.05, 4.69) is 5.32 Å². The maximum atomic E-state index is 13.8. The maximum absolute atomic E-state index is 13.8. The van der Waals surface area contributed by atoms with E-state index in [9.17, 15) is 17.6 Å². The Morgan fingerprint density at radius 2 is 1.77 bits per heavy atom. The Morgan fingerprint density at radius 1 is 1.12 bits per heavy atom. The molecule has 0 radical (unpaired) electrons. The summed E-state index contributed by atoms with van der Waals surface area (Å²) in [5, 5.41) is 2.50. The van der Waals surface area contributed by atoms with E-state index in [1.807, 2.05) is 0 Å². The number of sulfonamides is 1. The van der Waals surface area contributed by atoms with Crippen molar-refractivity contribution in [3.05, 3.63) is 59.4 Å². The van der Waals surface area contributed by atoms with Crippen molar-refractivity contribution in [2.24, 2.45) is 0 Å². The SMILES string of the molecule is Cc1ccc(F)c(NC(=O)c2ccc(S(=O)(=O)N3CCOCC3)cc2)c1. The molecule has 1 saturated heterocycles. The highest BCUT2D eigenvalue weighted by Crippen LogP contribution is 2.20. The van der Waals surface area contributed by atoms with Gasteiger partial charge >= 0.3 is 0 Å². The lowest BCUT2D eigenvalue weighted by Gasteiger charge is -2.26. The number of morpholine rings is 1. The molecule has 3 rings (SSSR count). The second-order valence-corrected chi connectivity index (χ2v) is 7.92. The topological polar surface area (TPSA) is 75.7 Å². The van der Waals surface area contributed by atoms with Crippen LogP contribution in [0.25, 0.3) is 0 Å². The lowest BCUT2D eigenvalue weighted by Crippen LogP contribution is -2.40. The Hall–Kier alpha value is -2.29. The molecular formula is C18H19FN2O4S. The molecule has 1 heterocycles. The van der Waals surface area contributed by atoms with Crippen molar-refractivity contribution in [2.75, 3.05) is 31.6 Å². The predicted octanol–water partition coefficient (Wildman–Crippen LogP) is 2.41. The molecule has 2 aromatic rings. The molecule has 8 heteroatoms. The Bertz CT molecular complexity index is 907. The van der Waals surface area contributed by atoms with E-state index in [0.717, 1.165) is 5.56 Å². The van der Waals surface area contributed by atoms with Crippen molar-refractivity contribution in [2.45, 2.75) is 11.8 Å². The van der Waals surface area contributed by atoms with E-state index < -0.39 is 21.7 Å². The number of nitrogens with one attached hydrogen (secondary N) is 1. The summed E-state index contributed by atoms with van der Waals surface area (Å²) in [5.41, 5.74) is 1.14. The van der Waals surface area contributed by atoms with Gasteiger partial charge in [0.1, 0.15) is 5.82 Å². The first-order valence-electron chi connectivity index (χ1n) is 8.13. The molecule has 138 valence electrons. The zero-order chi connectivity index (χ0) is 18.7. The molecule has 1 aliphatic heterocycles. The third kappa shape index (κ3) is 3.92. The first-order valence-corrected chi connectivity index (χ1v) is 9.57. The highest BCUT2D eigenvalue weighted by Gasteiger charge is 2.26. The second-order valence-electron chi connectivity index (χ2n) is 5.98. The second kappa shape index (κ2) is 7.53. The van der Waals surface area contributed by atoms with Gasteiger partial charge in [-0.1, -0.05) is 6.07 Å². The van der Waals surface area contributed by atoms with Crippen molar-refractivity contribution in [1.82, 2.24) is 4.31 Å². The average Bonchev–Trinajstić information content (AvgIpc) is 2.65. The summed E-state index contributed by atoms with van der Waals surface area (Å²) in [4.78, 5) is 12.4. The van der Waals surface area contributed by atoms with Crippen LogP contribution in [0, 0.1) is 12.7 Å². The van der Waals surface area contributed by atoms with Gasteiger partial charge in [0.25, 0.3) is 5.91 Å². The van der Waals surface area contributed by atoms with Crippen LogP contribution >= 0.6 is 0 Å². The lowest BCUT2D eigenvalue weighted by atomic mass is 10.2. The van der Waals surface area contributed by atoms with Gasteiger partial charge in [-0.05, 0) is 48.9 Å². The van der Waals surface area contributed by atoms with Crippen LogP contribution in [-0.2, 0) is 14.8 Å². The molecule has 0 unspecified atom stereocenters. The Morgan fingerprint density at radius 3 is 2.42 bits per heavy atom. The molecule has 26 heavy (non-hydrogen) atoms. The number of ether oxygens (including phenoxy) is 1. The minimum Gasteiger partial charge on any atom is -0.379 e. The van der Waals surface area contributed by atoms with Gasteiger partial charge in [0.15, 0.2) is 0 Å². The fraction of sp³-hybridized carbons (Fsp3) is 0.278. The number of aryl methyl sites for hydroxylation is 1. The molecule has 6 nitrogen and oxygen atoms in total. The Labute approximate surface area is 151 Å². The van der Waals surface area contributed by atoms with Crippen LogP contribution in [0.1, 0.15) is 15.9 Å². The normalized spacial score (nSPS) is 15.6. The highest BCUT2D eigenvalue weighted by atomic mass is 32.2. The van der Waals surface area contributed by atoms with Gasteiger partial charge < -0.3 is 10.1 Å². The first-order chi connectivity index (χ1) is 12.4. The summed E-state index contributed by atoms with van der Waals surface area (Å²) in [6.07, 6.45) is 0. The van der Waals surface area contributed by atoms with Crippen LogP contribution in [0.2, 0.25) is 0 Å². The lowest BCUT2D eigenvalue weighted by molar-refractivity contribution is 0.0730. The molecule has 0 atom stereocenters.